The van der Waals surface area contributed by atoms with E-state index in [4.69, 9.17) is 0 Å². The molecule has 1 saturated heterocycles. The molecule has 1 fully saturated rings. The van der Waals surface area contributed by atoms with Crippen LogP contribution in [-0.2, 0) is 6.54 Å². The van der Waals surface area contributed by atoms with Gasteiger partial charge in [0.05, 0.1) is 6.33 Å². The lowest BCUT2D eigenvalue weighted by Crippen LogP contribution is -2.12. The Bertz CT molecular complexity index is 313. The van der Waals surface area contributed by atoms with Crippen LogP contribution >= 0.6 is 0 Å². The van der Waals surface area contributed by atoms with Crippen LogP contribution in [0.5, 0.6) is 0 Å². The van der Waals surface area contributed by atoms with E-state index in [-0.39, 0.29) is 0 Å². The summed E-state index contributed by atoms with van der Waals surface area (Å²) < 4.78 is 2.34. The van der Waals surface area contributed by atoms with Crippen LogP contribution < -0.4 is 5.32 Å². The van der Waals surface area contributed by atoms with Crippen molar-refractivity contribution in [1.29, 1.82) is 0 Å². The summed E-state index contributed by atoms with van der Waals surface area (Å²) in [5, 5.41) is 3.43. The Morgan fingerprint density at radius 2 is 2.50 bits per heavy atom. The fraction of sp³-hybridized carbons (Fsp3) is 0.769. The van der Waals surface area contributed by atoms with Crippen LogP contribution in [0.2, 0.25) is 0 Å². The first-order valence-electron chi connectivity index (χ1n) is 6.52. The molecule has 90 valence electrons. The van der Waals surface area contributed by atoms with Crippen LogP contribution in [0.1, 0.15) is 44.7 Å². The average molecular weight is 221 g/mol. The van der Waals surface area contributed by atoms with Crippen molar-refractivity contribution in [2.45, 2.75) is 45.6 Å². The smallest absolute Gasteiger partial charge is 0.0948 e. The van der Waals surface area contributed by atoms with E-state index in [1.54, 1.807) is 0 Å². The van der Waals surface area contributed by atoms with Crippen molar-refractivity contribution in [3.05, 3.63) is 18.2 Å². The van der Waals surface area contributed by atoms with Gasteiger partial charge in [-0.05, 0) is 44.2 Å². The first-order chi connectivity index (χ1) is 7.81. The van der Waals surface area contributed by atoms with Crippen LogP contribution in [0.4, 0.5) is 0 Å². The van der Waals surface area contributed by atoms with Gasteiger partial charge in [-0.3, -0.25) is 0 Å². The second-order valence-electron chi connectivity index (χ2n) is 4.97. The van der Waals surface area contributed by atoms with Gasteiger partial charge in [0.2, 0.25) is 0 Å². The van der Waals surface area contributed by atoms with Crippen molar-refractivity contribution in [2.24, 2.45) is 5.92 Å². The fourth-order valence-electron chi connectivity index (χ4n) is 2.42. The molecule has 16 heavy (non-hydrogen) atoms. The molecule has 1 aromatic heterocycles. The van der Waals surface area contributed by atoms with E-state index in [0.717, 1.165) is 12.5 Å². The number of aryl methyl sites for hydroxylation is 1. The lowest BCUT2D eigenvalue weighted by atomic mass is 10.0. The molecule has 3 heteroatoms. The maximum atomic E-state index is 4.28. The van der Waals surface area contributed by atoms with E-state index in [9.17, 15) is 0 Å². The molecule has 0 amide bonds. The Hall–Kier alpha value is -0.830. The first kappa shape index (κ1) is 11.6. The monoisotopic (exact) mass is 221 g/mol. The minimum Gasteiger partial charge on any atom is -0.334 e. The number of hydrogen-bond acceptors (Lipinski definition) is 2. The molecule has 0 aromatic carbocycles. The summed E-state index contributed by atoms with van der Waals surface area (Å²) in [6.45, 7) is 8.06. The maximum absolute atomic E-state index is 4.28. The van der Waals surface area contributed by atoms with Gasteiger partial charge >= 0.3 is 0 Å². The molecule has 2 rings (SSSR count). The minimum absolute atomic E-state index is 0.629. The third kappa shape index (κ3) is 2.64. The summed E-state index contributed by atoms with van der Waals surface area (Å²) in [5.74, 6) is 1.50. The predicted molar refractivity (Wildman–Crippen MR) is 66.5 cm³/mol. The van der Waals surface area contributed by atoms with Crippen molar-refractivity contribution < 1.29 is 0 Å². The Balaban J connectivity index is 1.90. The third-order valence-electron chi connectivity index (χ3n) is 3.80. The van der Waals surface area contributed by atoms with Crippen LogP contribution in [0, 0.1) is 5.92 Å². The lowest BCUT2D eigenvalue weighted by Gasteiger charge is -2.14. The fourth-order valence-corrected chi connectivity index (χ4v) is 2.42. The highest BCUT2D eigenvalue weighted by atomic mass is 15.0. The van der Waals surface area contributed by atoms with E-state index >= 15 is 0 Å². The summed E-state index contributed by atoms with van der Waals surface area (Å²) >= 11 is 0. The SMILES string of the molecule is CCC(C)c1cncn1CCC1CCNC1. The van der Waals surface area contributed by atoms with Gasteiger partial charge in [-0.25, -0.2) is 4.98 Å². The molecular weight excluding hydrogens is 198 g/mol. The van der Waals surface area contributed by atoms with Crippen molar-refractivity contribution in [2.75, 3.05) is 13.1 Å². The number of nitrogens with zero attached hydrogens (tertiary/aromatic N) is 2. The van der Waals surface area contributed by atoms with Gasteiger partial charge in [0, 0.05) is 18.4 Å². The Morgan fingerprint density at radius 3 is 3.19 bits per heavy atom. The highest BCUT2D eigenvalue weighted by molar-refractivity contribution is 5.04. The Kier molecular flexibility index (Phi) is 3.99. The van der Waals surface area contributed by atoms with Crippen LogP contribution in [-0.4, -0.2) is 22.6 Å². The van der Waals surface area contributed by atoms with Gasteiger partial charge < -0.3 is 9.88 Å². The summed E-state index contributed by atoms with van der Waals surface area (Å²) in [4.78, 5) is 4.28. The molecule has 3 nitrogen and oxygen atoms in total. The topological polar surface area (TPSA) is 29.9 Å². The Labute approximate surface area is 98.3 Å². The zero-order valence-corrected chi connectivity index (χ0v) is 10.4. The second kappa shape index (κ2) is 5.48. The zero-order chi connectivity index (χ0) is 11.4. The largest absolute Gasteiger partial charge is 0.334 e. The predicted octanol–water partition coefficient (Wildman–Crippen LogP) is 2.40. The Morgan fingerprint density at radius 1 is 1.62 bits per heavy atom. The molecule has 0 bridgehead atoms. The maximum Gasteiger partial charge on any atom is 0.0948 e. The number of imidazole rings is 1. The van der Waals surface area contributed by atoms with Crippen molar-refractivity contribution in [3.8, 4) is 0 Å². The van der Waals surface area contributed by atoms with E-state index in [0.29, 0.717) is 5.92 Å². The molecule has 1 N–H and O–H groups in total. The normalized spacial score (nSPS) is 22.5. The lowest BCUT2D eigenvalue weighted by molar-refractivity contribution is 0.467. The van der Waals surface area contributed by atoms with Gasteiger partial charge in [-0.15, -0.1) is 0 Å². The second-order valence-corrected chi connectivity index (χ2v) is 4.97. The number of rotatable bonds is 5. The quantitative estimate of drug-likeness (QED) is 0.827. The molecule has 0 radical (unpaired) electrons. The number of nitrogens with one attached hydrogen (secondary N) is 1. The molecule has 1 aromatic rings. The van der Waals surface area contributed by atoms with E-state index in [1.165, 1.54) is 38.0 Å². The highest BCUT2D eigenvalue weighted by Crippen LogP contribution is 2.20. The van der Waals surface area contributed by atoms with E-state index in [1.807, 2.05) is 12.5 Å². The van der Waals surface area contributed by atoms with Crippen LogP contribution in [0.3, 0.4) is 0 Å². The van der Waals surface area contributed by atoms with Crippen molar-refractivity contribution in [1.82, 2.24) is 14.9 Å². The first-order valence-corrected chi connectivity index (χ1v) is 6.52. The minimum atomic E-state index is 0.629. The van der Waals surface area contributed by atoms with E-state index in [2.05, 4.69) is 28.7 Å². The molecule has 0 aliphatic carbocycles. The van der Waals surface area contributed by atoms with Gasteiger partial charge in [-0.1, -0.05) is 13.8 Å². The molecule has 2 atom stereocenters. The number of hydrogen-bond donors (Lipinski definition) is 1. The van der Waals surface area contributed by atoms with Gasteiger partial charge in [0.1, 0.15) is 0 Å². The molecule has 1 aliphatic heterocycles. The number of aromatic nitrogens is 2. The van der Waals surface area contributed by atoms with Gasteiger partial charge in [0.25, 0.3) is 0 Å². The van der Waals surface area contributed by atoms with Crippen molar-refractivity contribution >= 4 is 0 Å². The van der Waals surface area contributed by atoms with Gasteiger partial charge in [-0.2, -0.15) is 0 Å². The molecule has 2 heterocycles. The summed E-state index contributed by atoms with van der Waals surface area (Å²) in [6, 6.07) is 0. The molecule has 1 aliphatic rings. The van der Waals surface area contributed by atoms with Crippen LogP contribution in [0.15, 0.2) is 12.5 Å². The average Bonchev–Trinajstić information content (AvgIpc) is 2.96. The summed E-state index contributed by atoms with van der Waals surface area (Å²) in [7, 11) is 0. The highest BCUT2D eigenvalue weighted by Gasteiger charge is 2.15. The molecule has 2 unspecified atom stereocenters. The summed E-state index contributed by atoms with van der Waals surface area (Å²) in [5.41, 5.74) is 1.40. The third-order valence-corrected chi connectivity index (χ3v) is 3.80. The zero-order valence-electron chi connectivity index (χ0n) is 10.4. The van der Waals surface area contributed by atoms with Crippen molar-refractivity contribution in [3.63, 3.8) is 0 Å². The molecule has 0 spiro atoms. The standard InChI is InChI=1S/C13H23N3/c1-3-11(2)13-9-15-10-16(13)7-5-12-4-6-14-8-12/h9-12,14H,3-8H2,1-2H3. The molecule has 0 saturated carbocycles. The van der Waals surface area contributed by atoms with Gasteiger partial charge in [0.15, 0.2) is 0 Å². The van der Waals surface area contributed by atoms with Crippen LogP contribution in [0.25, 0.3) is 0 Å². The summed E-state index contributed by atoms with van der Waals surface area (Å²) in [6.07, 6.45) is 7.84. The van der Waals surface area contributed by atoms with E-state index < -0.39 is 0 Å². The molecular formula is C13H23N3.